The molecule has 0 aliphatic carbocycles. The summed E-state index contributed by atoms with van der Waals surface area (Å²) in [6, 6.07) is 8.68. The van der Waals surface area contributed by atoms with Gasteiger partial charge in [-0.1, -0.05) is 12.1 Å². The molecule has 142 valence electrons. The second-order valence-corrected chi connectivity index (χ2v) is 8.01. The van der Waals surface area contributed by atoms with Gasteiger partial charge in [0.05, 0.1) is 6.54 Å². The van der Waals surface area contributed by atoms with Crippen molar-refractivity contribution in [2.75, 3.05) is 45.5 Å². The summed E-state index contributed by atoms with van der Waals surface area (Å²) in [6.07, 6.45) is 5.65. The Morgan fingerprint density at radius 3 is 2.77 bits per heavy atom. The number of thioether (sulfide) groups is 1. The summed E-state index contributed by atoms with van der Waals surface area (Å²) in [5.41, 5.74) is 1.33. The highest BCUT2D eigenvalue weighted by atomic mass is 32.2. The molecular weight excluding hydrogens is 346 g/mol. The van der Waals surface area contributed by atoms with Crippen molar-refractivity contribution in [3.8, 4) is 0 Å². The molecule has 1 aromatic rings. The molecule has 2 saturated heterocycles. The number of likely N-dealkylation sites (tertiary alicyclic amines) is 1. The lowest BCUT2D eigenvalue weighted by atomic mass is 10.1. The molecule has 3 rings (SSSR count). The lowest BCUT2D eigenvalue weighted by Gasteiger charge is -2.29. The van der Waals surface area contributed by atoms with E-state index in [2.05, 4.69) is 35.4 Å². The first-order chi connectivity index (χ1) is 12.7. The van der Waals surface area contributed by atoms with E-state index in [-0.39, 0.29) is 18.4 Å². The standard InChI is InChI=1S/C20H29N3O2S/c1-26-18-7-4-6-17(14-18)15-21-9-5-11-22(13-12-21)20(25)16-23-10-3-2-8-19(23)24/h4,6-7,14H,2-3,5,8-13,15-16H2,1H3. The van der Waals surface area contributed by atoms with Crippen LogP contribution in [0.4, 0.5) is 0 Å². The predicted molar refractivity (Wildman–Crippen MR) is 105 cm³/mol. The van der Waals surface area contributed by atoms with Crippen LogP contribution in [0.1, 0.15) is 31.2 Å². The molecule has 2 aliphatic rings. The summed E-state index contributed by atoms with van der Waals surface area (Å²) in [6.45, 7) is 5.37. The Balaban J connectivity index is 1.50. The van der Waals surface area contributed by atoms with Crippen molar-refractivity contribution in [3.63, 3.8) is 0 Å². The van der Waals surface area contributed by atoms with Crippen LogP contribution in [0, 0.1) is 0 Å². The Labute approximate surface area is 160 Å². The molecule has 5 nitrogen and oxygen atoms in total. The first-order valence-corrected chi connectivity index (χ1v) is 10.8. The third-order valence-corrected chi connectivity index (χ3v) is 5.95. The topological polar surface area (TPSA) is 43.9 Å². The number of piperidine rings is 1. The minimum Gasteiger partial charge on any atom is -0.340 e. The van der Waals surface area contributed by atoms with Crippen molar-refractivity contribution in [3.05, 3.63) is 29.8 Å². The van der Waals surface area contributed by atoms with E-state index in [1.807, 2.05) is 4.90 Å². The number of amides is 2. The SMILES string of the molecule is CSc1cccc(CN2CCCN(C(=O)CN3CCCCC3=O)CC2)c1. The number of carbonyl (C=O) groups is 2. The summed E-state index contributed by atoms with van der Waals surface area (Å²) in [5.74, 6) is 0.237. The largest absolute Gasteiger partial charge is 0.340 e. The summed E-state index contributed by atoms with van der Waals surface area (Å²) in [5, 5.41) is 0. The van der Waals surface area contributed by atoms with E-state index in [1.54, 1.807) is 16.7 Å². The molecule has 0 bridgehead atoms. The Morgan fingerprint density at radius 1 is 1.08 bits per heavy atom. The van der Waals surface area contributed by atoms with Gasteiger partial charge in [0, 0.05) is 50.6 Å². The van der Waals surface area contributed by atoms with Gasteiger partial charge in [-0.3, -0.25) is 14.5 Å². The number of benzene rings is 1. The van der Waals surface area contributed by atoms with Gasteiger partial charge in [-0.2, -0.15) is 0 Å². The third-order valence-electron chi connectivity index (χ3n) is 5.23. The van der Waals surface area contributed by atoms with Gasteiger partial charge in [0.1, 0.15) is 0 Å². The van der Waals surface area contributed by atoms with E-state index in [9.17, 15) is 9.59 Å². The lowest BCUT2D eigenvalue weighted by molar-refractivity contribution is -0.141. The zero-order valence-electron chi connectivity index (χ0n) is 15.7. The maximum atomic E-state index is 12.6. The van der Waals surface area contributed by atoms with Crippen LogP contribution >= 0.6 is 11.8 Å². The smallest absolute Gasteiger partial charge is 0.242 e. The van der Waals surface area contributed by atoms with Crippen molar-refractivity contribution >= 4 is 23.6 Å². The number of rotatable bonds is 5. The number of hydrogen-bond acceptors (Lipinski definition) is 4. The van der Waals surface area contributed by atoms with Crippen LogP contribution in [0.5, 0.6) is 0 Å². The maximum Gasteiger partial charge on any atom is 0.242 e. The highest BCUT2D eigenvalue weighted by molar-refractivity contribution is 7.98. The van der Waals surface area contributed by atoms with Gasteiger partial charge in [-0.25, -0.2) is 0 Å². The van der Waals surface area contributed by atoms with Crippen LogP contribution in [-0.4, -0.2) is 72.0 Å². The summed E-state index contributed by atoms with van der Waals surface area (Å²) >= 11 is 1.77. The Kier molecular flexibility index (Phi) is 6.97. The fourth-order valence-electron chi connectivity index (χ4n) is 3.70. The zero-order chi connectivity index (χ0) is 18.4. The normalized spacial score (nSPS) is 19.5. The second kappa shape index (κ2) is 9.42. The van der Waals surface area contributed by atoms with Gasteiger partial charge in [-0.15, -0.1) is 11.8 Å². The average molecular weight is 376 g/mol. The second-order valence-electron chi connectivity index (χ2n) is 7.13. The third kappa shape index (κ3) is 5.24. The predicted octanol–water partition coefficient (Wildman–Crippen LogP) is 2.46. The zero-order valence-corrected chi connectivity index (χ0v) is 16.5. The van der Waals surface area contributed by atoms with Crippen molar-refractivity contribution in [1.29, 1.82) is 0 Å². The van der Waals surface area contributed by atoms with Crippen LogP contribution in [-0.2, 0) is 16.1 Å². The lowest BCUT2D eigenvalue weighted by Crippen LogP contribution is -2.45. The number of hydrogen-bond donors (Lipinski definition) is 0. The minimum absolute atomic E-state index is 0.103. The summed E-state index contributed by atoms with van der Waals surface area (Å²) in [7, 11) is 0. The maximum absolute atomic E-state index is 12.6. The van der Waals surface area contributed by atoms with Gasteiger partial charge >= 0.3 is 0 Å². The molecule has 1 aromatic carbocycles. The van der Waals surface area contributed by atoms with Crippen LogP contribution in [0.2, 0.25) is 0 Å². The monoisotopic (exact) mass is 375 g/mol. The van der Waals surface area contributed by atoms with Gasteiger partial charge in [0.25, 0.3) is 0 Å². The summed E-state index contributed by atoms with van der Waals surface area (Å²) in [4.78, 5) is 32.0. The fourth-order valence-corrected chi connectivity index (χ4v) is 4.18. The highest BCUT2D eigenvalue weighted by Gasteiger charge is 2.24. The van der Waals surface area contributed by atoms with Gasteiger partial charge in [0.2, 0.25) is 11.8 Å². The molecule has 2 amide bonds. The minimum atomic E-state index is 0.103. The van der Waals surface area contributed by atoms with E-state index in [1.165, 1.54) is 10.5 Å². The van der Waals surface area contributed by atoms with E-state index in [0.29, 0.717) is 6.42 Å². The molecule has 2 heterocycles. The molecule has 2 fully saturated rings. The van der Waals surface area contributed by atoms with Crippen molar-refractivity contribution in [2.24, 2.45) is 0 Å². The van der Waals surface area contributed by atoms with Gasteiger partial charge < -0.3 is 9.80 Å². The molecule has 0 saturated carbocycles. The van der Waals surface area contributed by atoms with Crippen LogP contribution in [0.3, 0.4) is 0 Å². The van der Waals surface area contributed by atoms with Crippen LogP contribution in [0.15, 0.2) is 29.2 Å². The van der Waals surface area contributed by atoms with Gasteiger partial charge in [0.15, 0.2) is 0 Å². The highest BCUT2D eigenvalue weighted by Crippen LogP contribution is 2.18. The van der Waals surface area contributed by atoms with Crippen LogP contribution in [0.25, 0.3) is 0 Å². The molecule has 0 unspecified atom stereocenters. The Morgan fingerprint density at radius 2 is 1.96 bits per heavy atom. The molecule has 0 atom stereocenters. The molecular formula is C20H29N3O2S. The van der Waals surface area contributed by atoms with E-state index in [4.69, 9.17) is 0 Å². The van der Waals surface area contributed by atoms with Gasteiger partial charge in [-0.05, 0) is 43.2 Å². The molecule has 6 heteroatoms. The summed E-state index contributed by atoms with van der Waals surface area (Å²) < 4.78 is 0. The molecule has 0 aromatic heterocycles. The van der Waals surface area contributed by atoms with E-state index in [0.717, 1.165) is 58.5 Å². The Bertz CT molecular complexity index is 637. The van der Waals surface area contributed by atoms with Crippen molar-refractivity contribution < 1.29 is 9.59 Å². The number of carbonyl (C=O) groups excluding carboxylic acids is 2. The van der Waals surface area contributed by atoms with Crippen molar-refractivity contribution in [2.45, 2.75) is 37.1 Å². The first-order valence-electron chi connectivity index (χ1n) is 9.56. The molecule has 0 N–H and O–H groups in total. The van der Waals surface area contributed by atoms with Crippen molar-refractivity contribution in [1.82, 2.24) is 14.7 Å². The van der Waals surface area contributed by atoms with Crippen LogP contribution < -0.4 is 0 Å². The van der Waals surface area contributed by atoms with E-state index < -0.39 is 0 Å². The fraction of sp³-hybridized carbons (Fsp3) is 0.600. The first kappa shape index (κ1) is 19.2. The molecule has 26 heavy (non-hydrogen) atoms. The Hall–Kier alpha value is -1.53. The molecule has 0 spiro atoms. The van der Waals surface area contributed by atoms with E-state index >= 15 is 0 Å². The average Bonchev–Trinajstić information content (AvgIpc) is 2.89. The molecule has 0 radical (unpaired) electrons. The quantitative estimate of drug-likeness (QED) is 0.742. The molecule has 2 aliphatic heterocycles. The number of nitrogens with zero attached hydrogens (tertiary/aromatic N) is 3.